The number of rotatable bonds is 26. The van der Waals surface area contributed by atoms with Crippen LogP contribution in [0.1, 0.15) is 120 Å². The number of nitro benzene ring substituents is 1. The molecule has 0 saturated heterocycles. The van der Waals surface area contributed by atoms with E-state index in [2.05, 4.69) is 13.5 Å². The van der Waals surface area contributed by atoms with Crippen molar-refractivity contribution in [1.29, 1.82) is 0 Å². The van der Waals surface area contributed by atoms with Gasteiger partial charge >= 0.3 is 11.7 Å². The standard InChI is InChI=1S/C46H58N2O7/c1-4-6-7-15-18-35(3)54-45-34-43(47)42(33-44(45)48(50)51)37-21-23-38(24-22-37)46(49)55-41-29-27-40(28-30-41)53-32-17-14-12-10-8-9-11-13-16-31-52-39-25-19-36(5-2)20-26-39/h5,19-30,33-35H,2,4,6-18,31-32,47H2,1,3H3/t35-/m1/s1. The first-order valence-electron chi connectivity index (χ1n) is 19.9. The molecule has 0 aliphatic carbocycles. The maximum absolute atomic E-state index is 12.9. The fourth-order valence-corrected chi connectivity index (χ4v) is 6.28. The fourth-order valence-electron chi connectivity index (χ4n) is 6.28. The molecule has 9 nitrogen and oxygen atoms in total. The maximum Gasteiger partial charge on any atom is 0.343 e. The summed E-state index contributed by atoms with van der Waals surface area (Å²) in [6, 6.07) is 24.6. The van der Waals surface area contributed by atoms with Gasteiger partial charge in [0, 0.05) is 23.4 Å². The van der Waals surface area contributed by atoms with Crippen molar-refractivity contribution in [3.8, 4) is 34.1 Å². The highest BCUT2D eigenvalue weighted by atomic mass is 16.6. The summed E-state index contributed by atoms with van der Waals surface area (Å²) < 4.78 is 23.2. The molecule has 9 heteroatoms. The summed E-state index contributed by atoms with van der Waals surface area (Å²) in [6.45, 7) is 9.25. The first-order valence-corrected chi connectivity index (χ1v) is 19.9. The van der Waals surface area contributed by atoms with E-state index in [0.717, 1.165) is 75.0 Å². The van der Waals surface area contributed by atoms with Crippen LogP contribution in [0.2, 0.25) is 0 Å². The number of nitro groups is 1. The lowest BCUT2D eigenvalue weighted by Crippen LogP contribution is -2.13. The normalized spacial score (nSPS) is 11.5. The molecule has 294 valence electrons. The van der Waals surface area contributed by atoms with Crippen LogP contribution >= 0.6 is 0 Å². The first kappa shape index (κ1) is 42.4. The van der Waals surface area contributed by atoms with Crippen LogP contribution in [0.3, 0.4) is 0 Å². The van der Waals surface area contributed by atoms with Gasteiger partial charge in [0.2, 0.25) is 0 Å². The Morgan fingerprint density at radius 2 is 1.27 bits per heavy atom. The monoisotopic (exact) mass is 750 g/mol. The van der Waals surface area contributed by atoms with Crippen molar-refractivity contribution in [2.45, 2.75) is 110 Å². The molecule has 0 radical (unpaired) electrons. The number of unbranched alkanes of at least 4 members (excludes halogenated alkanes) is 11. The molecule has 0 saturated carbocycles. The van der Waals surface area contributed by atoms with Crippen LogP contribution in [0.25, 0.3) is 17.2 Å². The highest BCUT2D eigenvalue weighted by Crippen LogP contribution is 2.38. The van der Waals surface area contributed by atoms with Crippen molar-refractivity contribution in [3.05, 3.63) is 113 Å². The lowest BCUT2D eigenvalue weighted by Gasteiger charge is -2.16. The SMILES string of the molecule is C=Cc1ccc(OCCCCCCCCCCCOc2ccc(OC(=O)c3ccc(-c4cc([N+](=O)[O-])c(O[C@H](C)CCCCCC)cc4N)cc3)cc2)cc1. The minimum Gasteiger partial charge on any atom is -0.494 e. The summed E-state index contributed by atoms with van der Waals surface area (Å²) in [5.74, 6) is 1.69. The Kier molecular flexibility index (Phi) is 18.1. The van der Waals surface area contributed by atoms with E-state index in [1.54, 1.807) is 48.5 Å². The zero-order chi connectivity index (χ0) is 39.3. The van der Waals surface area contributed by atoms with Crippen LogP contribution in [-0.4, -0.2) is 30.2 Å². The first-order chi connectivity index (χ1) is 26.8. The number of carbonyl (C=O) groups excluding carboxylic acids is 1. The zero-order valence-corrected chi connectivity index (χ0v) is 32.6. The fraction of sp³-hybridized carbons (Fsp3) is 0.413. The second-order valence-electron chi connectivity index (χ2n) is 14.0. The highest BCUT2D eigenvalue weighted by Gasteiger charge is 2.21. The van der Waals surface area contributed by atoms with E-state index in [-0.39, 0.29) is 17.5 Å². The summed E-state index contributed by atoms with van der Waals surface area (Å²) in [5.41, 5.74) is 9.11. The smallest absolute Gasteiger partial charge is 0.343 e. The number of nitrogen functional groups attached to an aromatic ring is 1. The van der Waals surface area contributed by atoms with E-state index in [1.165, 1.54) is 50.7 Å². The number of carbonyl (C=O) groups is 1. The molecular weight excluding hydrogens is 693 g/mol. The largest absolute Gasteiger partial charge is 0.494 e. The molecule has 0 aliphatic rings. The molecular formula is C46H58N2O7. The number of esters is 1. The molecule has 1 atom stereocenters. The van der Waals surface area contributed by atoms with Crippen LogP contribution in [0.5, 0.6) is 23.0 Å². The molecule has 55 heavy (non-hydrogen) atoms. The quantitative estimate of drug-likeness (QED) is 0.0168. The molecule has 4 aromatic rings. The van der Waals surface area contributed by atoms with Gasteiger partial charge in [-0.25, -0.2) is 4.79 Å². The third kappa shape index (κ3) is 14.8. The van der Waals surface area contributed by atoms with Gasteiger partial charge in [-0.2, -0.15) is 0 Å². The zero-order valence-electron chi connectivity index (χ0n) is 32.6. The summed E-state index contributed by atoms with van der Waals surface area (Å²) in [6.07, 6.45) is 17.5. The van der Waals surface area contributed by atoms with E-state index < -0.39 is 10.9 Å². The van der Waals surface area contributed by atoms with Gasteiger partial charge in [-0.1, -0.05) is 108 Å². The summed E-state index contributed by atoms with van der Waals surface area (Å²) in [4.78, 5) is 24.4. The van der Waals surface area contributed by atoms with E-state index in [9.17, 15) is 14.9 Å². The van der Waals surface area contributed by atoms with Crippen LogP contribution in [0.4, 0.5) is 11.4 Å². The third-order valence-corrected chi connectivity index (χ3v) is 9.53. The molecule has 4 aromatic carbocycles. The predicted molar refractivity (Wildman–Crippen MR) is 222 cm³/mol. The minimum absolute atomic E-state index is 0.150. The third-order valence-electron chi connectivity index (χ3n) is 9.53. The van der Waals surface area contributed by atoms with Crippen molar-refractivity contribution < 1.29 is 28.7 Å². The van der Waals surface area contributed by atoms with E-state index in [1.807, 2.05) is 37.3 Å². The Morgan fingerprint density at radius 3 is 1.82 bits per heavy atom. The van der Waals surface area contributed by atoms with Crippen molar-refractivity contribution >= 4 is 23.4 Å². The Morgan fingerprint density at radius 1 is 0.745 bits per heavy atom. The van der Waals surface area contributed by atoms with Gasteiger partial charge in [0.1, 0.15) is 17.2 Å². The van der Waals surface area contributed by atoms with E-state index in [4.69, 9.17) is 24.7 Å². The second-order valence-corrected chi connectivity index (χ2v) is 14.0. The number of anilines is 1. The second kappa shape index (κ2) is 23.5. The number of ether oxygens (including phenoxy) is 4. The Hall–Kier alpha value is -5.31. The molecule has 2 N–H and O–H groups in total. The van der Waals surface area contributed by atoms with E-state index >= 15 is 0 Å². The van der Waals surface area contributed by atoms with Gasteiger partial charge in [-0.3, -0.25) is 10.1 Å². The van der Waals surface area contributed by atoms with E-state index in [0.29, 0.717) is 34.7 Å². The summed E-state index contributed by atoms with van der Waals surface area (Å²) in [7, 11) is 0. The molecule has 0 fully saturated rings. The van der Waals surface area contributed by atoms with Crippen molar-refractivity contribution in [2.75, 3.05) is 18.9 Å². The Labute approximate surface area is 327 Å². The van der Waals surface area contributed by atoms with Gasteiger partial charge in [0.05, 0.1) is 29.8 Å². The number of benzene rings is 4. The number of nitrogens with two attached hydrogens (primary N) is 1. The van der Waals surface area contributed by atoms with Crippen LogP contribution < -0.4 is 24.7 Å². The highest BCUT2D eigenvalue weighted by molar-refractivity contribution is 5.92. The summed E-state index contributed by atoms with van der Waals surface area (Å²) in [5, 5.41) is 11.9. The Balaban J connectivity index is 1.11. The van der Waals surface area contributed by atoms with Crippen LogP contribution in [0, 0.1) is 10.1 Å². The van der Waals surface area contributed by atoms with Gasteiger partial charge in [0.15, 0.2) is 5.75 Å². The van der Waals surface area contributed by atoms with Gasteiger partial charge in [-0.05, 0) is 92.3 Å². The predicted octanol–water partition coefficient (Wildman–Crippen LogP) is 12.4. The maximum atomic E-state index is 12.9. The molecule has 0 bridgehead atoms. The van der Waals surface area contributed by atoms with Crippen LogP contribution in [-0.2, 0) is 0 Å². The minimum atomic E-state index is -0.518. The van der Waals surface area contributed by atoms with Crippen LogP contribution in [0.15, 0.2) is 91.5 Å². The van der Waals surface area contributed by atoms with Crippen molar-refractivity contribution in [1.82, 2.24) is 0 Å². The molecule has 0 spiro atoms. The van der Waals surface area contributed by atoms with Crippen molar-refractivity contribution in [3.63, 3.8) is 0 Å². The molecule has 0 amide bonds. The molecule has 0 heterocycles. The number of hydrogen-bond acceptors (Lipinski definition) is 8. The topological polar surface area (TPSA) is 123 Å². The molecule has 0 unspecified atom stereocenters. The average Bonchev–Trinajstić information content (AvgIpc) is 3.19. The lowest BCUT2D eigenvalue weighted by molar-refractivity contribution is -0.386. The number of hydrogen-bond donors (Lipinski definition) is 1. The average molecular weight is 751 g/mol. The molecule has 0 aromatic heterocycles. The summed E-state index contributed by atoms with van der Waals surface area (Å²) >= 11 is 0. The van der Waals surface area contributed by atoms with Gasteiger partial charge in [-0.15, -0.1) is 0 Å². The Bertz CT molecular complexity index is 1760. The van der Waals surface area contributed by atoms with Gasteiger partial charge < -0.3 is 24.7 Å². The van der Waals surface area contributed by atoms with Crippen molar-refractivity contribution in [2.24, 2.45) is 0 Å². The number of nitrogens with zero attached hydrogens (tertiary/aromatic N) is 1. The van der Waals surface area contributed by atoms with Gasteiger partial charge in [0.25, 0.3) is 0 Å². The lowest BCUT2D eigenvalue weighted by atomic mass is 10.0. The molecule has 0 aliphatic heterocycles. The molecule has 4 rings (SSSR count).